The summed E-state index contributed by atoms with van der Waals surface area (Å²) in [5.41, 5.74) is 3.17. The molecule has 2 aromatic heterocycles. The van der Waals surface area contributed by atoms with Crippen molar-refractivity contribution in [3.63, 3.8) is 0 Å². The number of likely N-dealkylation sites (tertiary alicyclic amines) is 1. The van der Waals surface area contributed by atoms with E-state index in [0.29, 0.717) is 6.04 Å². The van der Waals surface area contributed by atoms with Crippen LogP contribution in [0.15, 0.2) is 24.4 Å². The first-order chi connectivity index (χ1) is 12.4. The van der Waals surface area contributed by atoms with Gasteiger partial charge >= 0.3 is 6.09 Å². The average molecular weight is 356 g/mol. The molecule has 0 atom stereocenters. The lowest BCUT2D eigenvalue weighted by Crippen LogP contribution is -2.49. The highest BCUT2D eigenvalue weighted by Crippen LogP contribution is 2.26. The lowest BCUT2D eigenvalue weighted by molar-refractivity contribution is 0.0132. The van der Waals surface area contributed by atoms with Gasteiger partial charge in [-0.15, -0.1) is 0 Å². The molecule has 6 heteroatoms. The smallest absolute Gasteiger partial charge is 0.410 e. The van der Waals surface area contributed by atoms with Crippen LogP contribution in [0.2, 0.25) is 0 Å². The number of aromatic nitrogens is 2. The number of hydrogen-bond acceptors (Lipinski definition) is 4. The Kier molecular flexibility index (Phi) is 4.39. The molecule has 0 unspecified atom stereocenters. The zero-order chi connectivity index (χ0) is 18.3. The maximum Gasteiger partial charge on any atom is 0.410 e. The van der Waals surface area contributed by atoms with Crippen LogP contribution in [-0.2, 0) is 17.7 Å². The van der Waals surface area contributed by atoms with Gasteiger partial charge in [-0.2, -0.15) is 0 Å². The Balaban J connectivity index is 1.39. The Morgan fingerprint density at radius 1 is 1.19 bits per heavy atom. The number of amides is 1. The first-order valence-corrected chi connectivity index (χ1v) is 9.57. The molecule has 1 saturated heterocycles. The molecule has 1 amide bonds. The Hall–Kier alpha value is -2.08. The second-order valence-electron chi connectivity index (χ2n) is 8.35. The van der Waals surface area contributed by atoms with E-state index in [-0.39, 0.29) is 6.09 Å². The molecule has 0 bridgehead atoms. The summed E-state index contributed by atoms with van der Waals surface area (Å²) in [5.74, 6) is 0. The minimum atomic E-state index is -0.430. The maximum atomic E-state index is 12.3. The Morgan fingerprint density at radius 2 is 1.96 bits per heavy atom. The number of nitrogens with zero attached hydrogens (tertiary/aromatic N) is 4. The third-order valence-corrected chi connectivity index (χ3v) is 5.33. The van der Waals surface area contributed by atoms with Crippen molar-refractivity contribution in [3.8, 4) is 0 Å². The van der Waals surface area contributed by atoms with E-state index in [1.165, 1.54) is 11.4 Å². The van der Waals surface area contributed by atoms with Crippen molar-refractivity contribution in [2.75, 3.05) is 19.6 Å². The van der Waals surface area contributed by atoms with Gasteiger partial charge in [-0.1, -0.05) is 6.07 Å². The molecule has 0 spiro atoms. The molecule has 1 fully saturated rings. The standard InChI is InChI=1S/C20H28N4O2/c1-20(2,3)26-19(25)22-11-7-15(8-12-22)23-13-9-16-17(14-23)24-10-5-4-6-18(24)21-16/h4-6,10,15H,7-9,11-14H2,1-3H3. The van der Waals surface area contributed by atoms with Crippen LogP contribution in [0.25, 0.3) is 5.65 Å². The van der Waals surface area contributed by atoms with Gasteiger partial charge in [0, 0.05) is 44.8 Å². The van der Waals surface area contributed by atoms with Crippen molar-refractivity contribution in [1.82, 2.24) is 19.2 Å². The molecular weight excluding hydrogens is 328 g/mol. The van der Waals surface area contributed by atoms with Crippen LogP contribution in [-0.4, -0.2) is 56.6 Å². The first kappa shape index (κ1) is 17.3. The molecule has 0 aliphatic carbocycles. The molecule has 0 saturated carbocycles. The molecular formula is C20H28N4O2. The summed E-state index contributed by atoms with van der Waals surface area (Å²) in [6, 6.07) is 6.70. The number of pyridine rings is 1. The molecule has 4 heterocycles. The highest BCUT2D eigenvalue weighted by atomic mass is 16.6. The van der Waals surface area contributed by atoms with E-state index in [1.807, 2.05) is 31.7 Å². The SMILES string of the molecule is CC(C)(C)OC(=O)N1CCC(N2CCc3nc4ccccn4c3C2)CC1. The number of fused-ring (bicyclic) bond motifs is 3. The summed E-state index contributed by atoms with van der Waals surface area (Å²) < 4.78 is 7.72. The molecule has 0 aromatic carbocycles. The number of carbonyl (C=O) groups is 1. The molecule has 0 radical (unpaired) electrons. The fourth-order valence-corrected chi connectivity index (χ4v) is 4.04. The maximum absolute atomic E-state index is 12.3. The van der Waals surface area contributed by atoms with Crippen molar-refractivity contribution in [1.29, 1.82) is 0 Å². The van der Waals surface area contributed by atoms with Crippen LogP contribution in [0.3, 0.4) is 0 Å². The molecule has 2 aliphatic rings. The van der Waals surface area contributed by atoms with E-state index >= 15 is 0 Å². The summed E-state index contributed by atoms with van der Waals surface area (Å²) in [4.78, 5) is 21.4. The molecule has 2 aromatic rings. The third kappa shape index (κ3) is 3.43. The van der Waals surface area contributed by atoms with E-state index in [1.54, 1.807) is 0 Å². The summed E-state index contributed by atoms with van der Waals surface area (Å²) >= 11 is 0. The minimum Gasteiger partial charge on any atom is -0.444 e. The molecule has 26 heavy (non-hydrogen) atoms. The van der Waals surface area contributed by atoms with Crippen molar-refractivity contribution in [2.24, 2.45) is 0 Å². The zero-order valence-corrected chi connectivity index (χ0v) is 15.9. The molecule has 0 N–H and O–H groups in total. The molecule has 140 valence electrons. The highest BCUT2D eigenvalue weighted by Gasteiger charge is 2.32. The van der Waals surface area contributed by atoms with Crippen molar-refractivity contribution in [3.05, 3.63) is 35.8 Å². The van der Waals surface area contributed by atoms with Gasteiger partial charge in [-0.05, 0) is 45.7 Å². The van der Waals surface area contributed by atoms with E-state index < -0.39 is 5.60 Å². The average Bonchev–Trinajstić information content (AvgIpc) is 2.98. The predicted molar refractivity (Wildman–Crippen MR) is 100 cm³/mol. The fraction of sp³-hybridized carbons (Fsp3) is 0.600. The van der Waals surface area contributed by atoms with Crippen molar-refractivity contribution in [2.45, 2.75) is 58.2 Å². The Morgan fingerprint density at radius 3 is 2.69 bits per heavy atom. The topological polar surface area (TPSA) is 50.1 Å². The van der Waals surface area contributed by atoms with Crippen LogP contribution in [0.5, 0.6) is 0 Å². The van der Waals surface area contributed by atoms with Crippen molar-refractivity contribution < 1.29 is 9.53 Å². The number of piperidine rings is 1. The third-order valence-electron chi connectivity index (χ3n) is 5.33. The summed E-state index contributed by atoms with van der Waals surface area (Å²) in [6.45, 7) is 9.29. The number of carbonyl (C=O) groups excluding carboxylic acids is 1. The van der Waals surface area contributed by atoms with Crippen LogP contribution in [0.1, 0.15) is 45.0 Å². The van der Waals surface area contributed by atoms with E-state index in [0.717, 1.165) is 51.1 Å². The monoisotopic (exact) mass is 356 g/mol. The van der Waals surface area contributed by atoms with Gasteiger partial charge in [0.05, 0.1) is 11.4 Å². The number of ether oxygens (including phenoxy) is 1. The van der Waals surface area contributed by atoms with Gasteiger partial charge < -0.3 is 14.0 Å². The highest BCUT2D eigenvalue weighted by molar-refractivity contribution is 5.68. The summed E-state index contributed by atoms with van der Waals surface area (Å²) in [6.07, 6.45) is 4.94. The van der Waals surface area contributed by atoms with Crippen LogP contribution < -0.4 is 0 Å². The fourth-order valence-electron chi connectivity index (χ4n) is 4.04. The minimum absolute atomic E-state index is 0.182. The van der Waals surface area contributed by atoms with Crippen LogP contribution >= 0.6 is 0 Å². The summed E-state index contributed by atoms with van der Waals surface area (Å²) in [5, 5.41) is 0. The van der Waals surface area contributed by atoms with Crippen LogP contribution in [0.4, 0.5) is 4.79 Å². The molecule has 6 nitrogen and oxygen atoms in total. The normalized spacial score (nSPS) is 19.6. The number of imidazole rings is 1. The molecule has 2 aliphatic heterocycles. The van der Waals surface area contributed by atoms with E-state index in [4.69, 9.17) is 9.72 Å². The summed E-state index contributed by atoms with van der Waals surface area (Å²) in [7, 11) is 0. The van der Waals surface area contributed by atoms with Crippen molar-refractivity contribution >= 4 is 11.7 Å². The second kappa shape index (κ2) is 6.58. The lowest BCUT2D eigenvalue weighted by atomic mass is 10.0. The van der Waals surface area contributed by atoms with Gasteiger partial charge in [0.25, 0.3) is 0 Å². The first-order valence-electron chi connectivity index (χ1n) is 9.57. The zero-order valence-electron chi connectivity index (χ0n) is 15.9. The predicted octanol–water partition coefficient (Wildman–Crippen LogP) is 3.09. The van der Waals surface area contributed by atoms with Gasteiger partial charge in [0.1, 0.15) is 11.2 Å². The van der Waals surface area contributed by atoms with E-state index in [2.05, 4.69) is 27.6 Å². The van der Waals surface area contributed by atoms with Gasteiger partial charge in [-0.3, -0.25) is 4.90 Å². The Labute approximate surface area is 154 Å². The largest absolute Gasteiger partial charge is 0.444 e. The lowest BCUT2D eigenvalue weighted by Gasteiger charge is -2.40. The Bertz CT molecular complexity index is 800. The molecule has 4 rings (SSSR count). The van der Waals surface area contributed by atoms with Crippen LogP contribution in [0, 0.1) is 0 Å². The second-order valence-corrected chi connectivity index (χ2v) is 8.35. The van der Waals surface area contributed by atoms with Gasteiger partial charge in [0.15, 0.2) is 0 Å². The number of rotatable bonds is 1. The quantitative estimate of drug-likeness (QED) is 0.788. The number of hydrogen-bond donors (Lipinski definition) is 0. The van der Waals surface area contributed by atoms with Gasteiger partial charge in [0.2, 0.25) is 0 Å². The van der Waals surface area contributed by atoms with Gasteiger partial charge in [-0.25, -0.2) is 9.78 Å². The van der Waals surface area contributed by atoms with E-state index in [9.17, 15) is 4.79 Å².